The van der Waals surface area contributed by atoms with E-state index >= 15 is 0 Å². The normalized spacial score (nSPS) is 12.8. The van der Waals surface area contributed by atoms with Crippen LogP contribution in [0.4, 0.5) is 0 Å². The summed E-state index contributed by atoms with van der Waals surface area (Å²) < 4.78 is 0. The molecule has 0 N–H and O–H groups in total. The van der Waals surface area contributed by atoms with E-state index in [1.54, 1.807) is 0 Å². The first-order valence-electron chi connectivity index (χ1n) is 4.30. The highest BCUT2D eigenvalue weighted by Gasteiger charge is 1.96. The predicted octanol–water partition coefficient (Wildman–Crippen LogP) is 3.05. The van der Waals surface area contributed by atoms with Gasteiger partial charge in [-0.1, -0.05) is 20.8 Å². The summed E-state index contributed by atoms with van der Waals surface area (Å²) in [4.78, 5) is 4.55. The maximum atomic E-state index is 4.55. The quantitative estimate of drug-likeness (QED) is 0.534. The molecular weight excluding hydrogens is 122 g/mol. The van der Waals surface area contributed by atoms with Crippen LogP contribution >= 0.6 is 0 Å². The van der Waals surface area contributed by atoms with Gasteiger partial charge in [-0.3, -0.25) is 4.99 Å². The third-order valence-corrected chi connectivity index (χ3v) is 1.81. The topological polar surface area (TPSA) is 12.4 Å². The van der Waals surface area contributed by atoms with Crippen molar-refractivity contribution in [2.75, 3.05) is 0 Å². The fraction of sp³-hybridized carbons (Fsp3) is 0.889. The summed E-state index contributed by atoms with van der Waals surface area (Å²) in [6.07, 6.45) is 3.38. The maximum Gasteiger partial charge on any atom is 0.0468 e. The van der Waals surface area contributed by atoms with E-state index < -0.39 is 0 Å². The highest BCUT2D eigenvalue weighted by molar-refractivity contribution is 5.83. The van der Waals surface area contributed by atoms with Crippen LogP contribution in [-0.4, -0.2) is 11.8 Å². The minimum atomic E-state index is 0.523. The van der Waals surface area contributed by atoms with Gasteiger partial charge in [0.2, 0.25) is 0 Å². The standard InChI is InChI=1S/C9H19N/c1-5-8(4)10-9(6-2)7-3/h8H,5-7H2,1-4H3. The summed E-state index contributed by atoms with van der Waals surface area (Å²) in [7, 11) is 0. The zero-order chi connectivity index (χ0) is 7.98. The van der Waals surface area contributed by atoms with E-state index in [4.69, 9.17) is 0 Å². The van der Waals surface area contributed by atoms with Gasteiger partial charge in [-0.25, -0.2) is 0 Å². The zero-order valence-corrected chi connectivity index (χ0v) is 7.65. The van der Waals surface area contributed by atoms with Crippen LogP contribution in [0, 0.1) is 0 Å². The highest BCUT2D eigenvalue weighted by atomic mass is 14.8. The molecule has 0 spiro atoms. The lowest BCUT2D eigenvalue weighted by Crippen LogP contribution is -2.02. The Bertz CT molecular complexity index is 99.3. The van der Waals surface area contributed by atoms with Gasteiger partial charge < -0.3 is 0 Å². The van der Waals surface area contributed by atoms with E-state index in [0.29, 0.717) is 6.04 Å². The van der Waals surface area contributed by atoms with Crippen molar-refractivity contribution >= 4 is 5.71 Å². The van der Waals surface area contributed by atoms with Gasteiger partial charge in [0, 0.05) is 11.8 Å². The minimum Gasteiger partial charge on any atom is -0.291 e. The van der Waals surface area contributed by atoms with Crippen molar-refractivity contribution in [3.05, 3.63) is 0 Å². The van der Waals surface area contributed by atoms with Crippen LogP contribution in [0.15, 0.2) is 4.99 Å². The van der Waals surface area contributed by atoms with Gasteiger partial charge in [0.25, 0.3) is 0 Å². The molecule has 1 atom stereocenters. The van der Waals surface area contributed by atoms with Gasteiger partial charge >= 0.3 is 0 Å². The molecule has 0 heterocycles. The molecule has 0 aliphatic rings. The first-order valence-corrected chi connectivity index (χ1v) is 4.30. The molecule has 1 heteroatoms. The molecule has 0 bridgehead atoms. The summed E-state index contributed by atoms with van der Waals surface area (Å²) in [5.41, 5.74) is 1.36. The van der Waals surface area contributed by atoms with Crippen molar-refractivity contribution in [3.8, 4) is 0 Å². The van der Waals surface area contributed by atoms with Gasteiger partial charge in [0.05, 0.1) is 0 Å². The Kier molecular flexibility index (Phi) is 5.27. The number of hydrogen-bond acceptors (Lipinski definition) is 1. The van der Waals surface area contributed by atoms with Crippen molar-refractivity contribution in [1.82, 2.24) is 0 Å². The molecule has 0 saturated heterocycles. The monoisotopic (exact) mass is 141 g/mol. The fourth-order valence-corrected chi connectivity index (χ4v) is 0.836. The molecule has 0 radical (unpaired) electrons. The first kappa shape index (κ1) is 9.67. The van der Waals surface area contributed by atoms with E-state index in [1.807, 2.05) is 0 Å². The molecule has 60 valence electrons. The third kappa shape index (κ3) is 3.65. The van der Waals surface area contributed by atoms with Crippen molar-refractivity contribution in [3.63, 3.8) is 0 Å². The number of rotatable bonds is 4. The first-order chi connectivity index (χ1) is 4.74. The van der Waals surface area contributed by atoms with Crippen molar-refractivity contribution in [2.24, 2.45) is 4.99 Å². The lowest BCUT2D eigenvalue weighted by atomic mass is 10.2. The van der Waals surface area contributed by atoms with Gasteiger partial charge in [-0.2, -0.15) is 0 Å². The summed E-state index contributed by atoms with van der Waals surface area (Å²) in [6.45, 7) is 8.69. The molecule has 0 aliphatic heterocycles. The van der Waals surface area contributed by atoms with Gasteiger partial charge in [-0.05, 0) is 26.2 Å². The second-order valence-corrected chi connectivity index (χ2v) is 2.66. The average Bonchev–Trinajstić information content (AvgIpc) is 1.99. The van der Waals surface area contributed by atoms with E-state index in [0.717, 1.165) is 19.3 Å². The third-order valence-electron chi connectivity index (χ3n) is 1.81. The van der Waals surface area contributed by atoms with Crippen LogP contribution in [0.25, 0.3) is 0 Å². The summed E-state index contributed by atoms with van der Waals surface area (Å²) in [6, 6.07) is 0.523. The van der Waals surface area contributed by atoms with Crippen LogP contribution in [0.5, 0.6) is 0 Å². The van der Waals surface area contributed by atoms with E-state index in [9.17, 15) is 0 Å². The van der Waals surface area contributed by atoms with E-state index in [1.165, 1.54) is 5.71 Å². The van der Waals surface area contributed by atoms with Crippen molar-refractivity contribution < 1.29 is 0 Å². The number of hydrogen-bond donors (Lipinski definition) is 0. The smallest absolute Gasteiger partial charge is 0.0468 e. The van der Waals surface area contributed by atoms with Crippen LogP contribution in [-0.2, 0) is 0 Å². The SMILES string of the molecule is CCC(CC)=NC(C)CC. The largest absolute Gasteiger partial charge is 0.291 e. The van der Waals surface area contributed by atoms with E-state index in [-0.39, 0.29) is 0 Å². The molecule has 0 amide bonds. The van der Waals surface area contributed by atoms with Gasteiger partial charge in [-0.15, -0.1) is 0 Å². The van der Waals surface area contributed by atoms with Crippen molar-refractivity contribution in [1.29, 1.82) is 0 Å². The summed E-state index contributed by atoms with van der Waals surface area (Å²) >= 11 is 0. The molecule has 0 fully saturated rings. The van der Waals surface area contributed by atoms with Gasteiger partial charge in [0.15, 0.2) is 0 Å². The van der Waals surface area contributed by atoms with Crippen molar-refractivity contribution in [2.45, 2.75) is 53.0 Å². The Labute approximate surface area is 64.6 Å². The van der Waals surface area contributed by atoms with Crippen LogP contribution < -0.4 is 0 Å². The molecule has 0 aromatic rings. The molecular formula is C9H19N. The lowest BCUT2D eigenvalue weighted by Gasteiger charge is -2.04. The fourth-order valence-electron chi connectivity index (χ4n) is 0.836. The van der Waals surface area contributed by atoms with Gasteiger partial charge in [0.1, 0.15) is 0 Å². The molecule has 0 saturated carbocycles. The molecule has 0 aliphatic carbocycles. The minimum absolute atomic E-state index is 0.523. The molecule has 0 aromatic heterocycles. The summed E-state index contributed by atoms with van der Waals surface area (Å²) in [5, 5.41) is 0. The van der Waals surface area contributed by atoms with Crippen LogP contribution in [0.2, 0.25) is 0 Å². The number of nitrogens with zero attached hydrogens (tertiary/aromatic N) is 1. The zero-order valence-electron chi connectivity index (χ0n) is 7.65. The molecule has 10 heavy (non-hydrogen) atoms. The Morgan fingerprint density at radius 3 is 2.00 bits per heavy atom. The van der Waals surface area contributed by atoms with Crippen LogP contribution in [0.1, 0.15) is 47.0 Å². The maximum absolute atomic E-state index is 4.55. The summed E-state index contributed by atoms with van der Waals surface area (Å²) in [5.74, 6) is 0. The Morgan fingerprint density at radius 2 is 1.70 bits per heavy atom. The molecule has 0 rings (SSSR count). The second-order valence-electron chi connectivity index (χ2n) is 2.66. The second kappa shape index (κ2) is 5.45. The Hall–Kier alpha value is -0.330. The predicted molar refractivity (Wildman–Crippen MR) is 47.8 cm³/mol. The average molecular weight is 141 g/mol. The van der Waals surface area contributed by atoms with E-state index in [2.05, 4.69) is 32.7 Å². The molecule has 1 unspecified atom stereocenters. The van der Waals surface area contributed by atoms with Crippen LogP contribution in [0.3, 0.4) is 0 Å². The molecule has 1 nitrogen and oxygen atoms in total. The Morgan fingerprint density at radius 1 is 1.20 bits per heavy atom. The lowest BCUT2D eigenvalue weighted by molar-refractivity contribution is 0.711. The highest BCUT2D eigenvalue weighted by Crippen LogP contribution is 2.00. The molecule has 0 aromatic carbocycles. The Balaban J connectivity index is 3.83. The number of aliphatic imine (C=N–C) groups is 1.